The largest absolute Gasteiger partial charge is 0.358 e. The monoisotopic (exact) mass is 319 g/mol. The molecule has 2 rings (SSSR count). The van der Waals surface area contributed by atoms with Crippen molar-refractivity contribution >= 4 is 16.0 Å². The SMILES string of the molecule is NS(=O)(=O)NCn1cnc(CN2CCNCC2)c1[N+](=O)[O-]. The Hall–Kier alpha value is -1.60. The first kappa shape index (κ1) is 15.8. The number of nitrogens with two attached hydrogens (primary N) is 1. The van der Waals surface area contributed by atoms with Crippen LogP contribution in [-0.4, -0.2) is 54.0 Å². The fourth-order valence-corrected chi connectivity index (χ4v) is 2.41. The summed E-state index contributed by atoms with van der Waals surface area (Å²) in [6.45, 7) is 3.21. The first-order valence-electron chi connectivity index (χ1n) is 6.25. The second-order valence-corrected chi connectivity index (χ2v) is 5.99. The zero-order chi connectivity index (χ0) is 15.5. The predicted octanol–water partition coefficient (Wildman–Crippen LogP) is -2.05. The quantitative estimate of drug-likeness (QED) is 0.403. The summed E-state index contributed by atoms with van der Waals surface area (Å²) in [5, 5.41) is 19.2. The average molecular weight is 319 g/mol. The molecule has 0 aromatic carbocycles. The van der Waals surface area contributed by atoms with Gasteiger partial charge in [-0.3, -0.25) is 4.90 Å². The molecule has 0 unspecified atom stereocenters. The number of hydrogen-bond donors (Lipinski definition) is 3. The van der Waals surface area contributed by atoms with E-state index in [1.165, 1.54) is 6.33 Å². The average Bonchev–Trinajstić information content (AvgIpc) is 2.80. The van der Waals surface area contributed by atoms with Gasteiger partial charge in [0.1, 0.15) is 0 Å². The third kappa shape index (κ3) is 4.44. The lowest BCUT2D eigenvalue weighted by Crippen LogP contribution is -2.43. The van der Waals surface area contributed by atoms with Gasteiger partial charge in [-0.05, 0) is 4.92 Å². The molecule has 11 nitrogen and oxygen atoms in total. The maximum absolute atomic E-state index is 11.2. The van der Waals surface area contributed by atoms with Gasteiger partial charge in [0.2, 0.25) is 0 Å². The molecule has 2 heterocycles. The lowest BCUT2D eigenvalue weighted by Gasteiger charge is -2.26. The van der Waals surface area contributed by atoms with Crippen LogP contribution in [0.4, 0.5) is 5.82 Å². The molecule has 0 radical (unpaired) electrons. The molecule has 0 amide bonds. The molecule has 0 aliphatic carbocycles. The van der Waals surface area contributed by atoms with Gasteiger partial charge in [-0.1, -0.05) is 0 Å². The molecule has 21 heavy (non-hydrogen) atoms. The summed E-state index contributed by atoms with van der Waals surface area (Å²) in [5.41, 5.74) is 0.304. The molecule has 1 aliphatic rings. The Morgan fingerprint density at radius 3 is 2.71 bits per heavy atom. The Morgan fingerprint density at radius 1 is 1.48 bits per heavy atom. The molecule has 1 fully saturated rings. The van der Waals surface area contributed by atoms with Crippen molar-refractivity contribution in [3.63, 3.8) is 0 Å². The molecule has 0 atom stereocenters. The van der Waals surface area contributed by atoms with Crippen molar-refractivity contribution in [2.45, 2.75) is 13.2 Å². The van der Waals surface area contributed by atoms with Gasteiger partial charge in [-0.25, -0.2) is 10.1 Å². The number of nitrogens with zero attached hydrogens (tertiary/aromatic N) is 4. The number of hydrogen-bond acceptors (Lipinski definition) is 7. The summed E-state index contributed by atoms with van der Waals surface area (Å²) in [4.78, 5) is 16.7. The molecule has 0 spiro atoms. The molecule has 1 aromatic rings. The molecule has 0 saturated carbocycles. The number of nitrogens with one attached hydrogen (secondary N) is 2. The van der Waals surface area contributed by atoms with Crippen molar-refractivity contribution < 1.29 is 13.3 Å². The summed E-state index contributed by atoms with van der Waals surface area (Å²) in [5.74, 6) is -0.232. The van der Waals surface area contributed by atoms with E-state index in [2.05, 4.69) is 10.3 Å². The summed E-state index contributed by atoms with van der Waals surface area (Å²) >= 11 is 0. The number of piperazine rings is 1. The Bertz CT molecular complexity index is 608. The molecule has 0 bridgehead atoms. The molecule has 1 aromatic heterocycles. The lowest BCUT2D eigenvalue weighted by molar-refractivity contribution is -0.393. The van der Waals surface area contributed by atoms with Crippen LogP contribution in [0.1, 0.15) is 5.69 Å². The Balaban J connectivity index is 2.14. The molecule has 1 aliphatic heterocycles. The summed E-state index contributed by atoms with van der Waals surface area (Å²) in [7, 11) is -3.92. The highest BCUT2D eigenvalue weighted by Crippen LogP contribution is 2.19. The minimum Gasteiger partial charge on any atom is -0.358 e. The minimum atomic E-state index is -3.92. The molecular formula is C9H17N7O4S. The van der Waals surface area contributed by atoms with Gasteiger partial charge < -0.3 is 15.4 Å². The smallest absolute Gasteiger partial charge is 0.348 e. The van der Waals surface area contributed by atoms with Crippen LogP contribution in [0.5, 0.6) is 0 Å². The van der Waals surface area contributed by atoms with E-state index in [4.69, 9.17) is 5.14 Å². The van der Waals surface area contributed by atoms with E-state index in [1.807, 2.05) is 9.62 Å². The van der Waals surface area contributed by atoms with E-state index in [1.54, 1.807) is 0 Å². The van der Waals surface area contributed by atoms with Crippen LogP contribution in [0.15, 0.2) is 6.33 Å². The van der Waals surface area contributed by atoms with E-state index < -0.39 is 15.1 Å². The van der Waals surface area contributed by atoms with Crippen molar-refractivity contribution in [3.8, 4) is 0 Å². The van der Waals surface area contributed by atoms with Crippen molar-refractivity contribution in [3.05, 3.63) is 22.1 Å². The number of aromatic nitrogens is 2. The van der Waals surface area contributed by atoms with Crippen LogP contribution in [-0.2, 0) is 23.4 Å². The number of nitro groups is 1. The van der Waals surface area contributed by atoms with Crippen LogP contribution in [0.25, 0.3) is 0 Å². The molecular weight excluding hydrogens is 302 g/mol. The molecule has 118 valence electrons. The van der Waals surface area contributed by atoms with Gasteiger partial charge in [0.05, 0.1) is 0 Å². The van der Waals surface area contributed by atoms with Crippen LogP contribution >= 0.6 is 0 Å². The van der Waals surface area contributed by atoms with Gasteiger partial charge in [-0.15, -0.1) is 0 Å². The van der Waals surface area contributed by atoms with E-state index in [-0.39, 0.29) is 12.5 Å². The minimum absolute atomic E-state index is 0.232. The van der Waals surface area contributed by atoms with Gasteiger partial charge in [0, 0.05) is 32.7 Å². The van der Waals surface area contributed by atoms with Gasteiger partial charge in [0.15, 0.2) is 18.7 Å². The zero-order valence-corrected chi connectivity index (χ0v) is 12.0. The third-order valence-corrected chi connectivity index (χ3v) is 3.61. The van der Waals surface area contributed by atoms with Crippen molar-refractivity contribution in [2.75, 3.05) is 26.2 Å². The Kier molecular flexibility index (Phi) is 4.84. The zero-order valence-electron chi connectivity index (χ0n) is 11.2. The lowest BCUT2D eigenvalue weighted by atomic mass is 10.3. The Labute approximate surface area is 121 Å². The van der Waals surface area contributed by atoms with Crippen molar-refractivity contribution in [1.82, 2.24) is 24.5 Å². The van der Waals surface area contributed by atoms with Gasteiger partial charge in [-0.2, -0.15) is 17.7 Å². The van der Waals surface area contributed by atoms with Crippen LogP contribution in [0.2, 0.25) is 0 Å². The van der Waals surface area contributed by atoms with Gasteiger partial charge in [0.25, 0.3) is 10.2 Å². The van der Waals surface area contributed by atoms with Crippen LogP contribution in [0, 0.1) is 10.1 Å². The first-order chi connectivity index (χ1) is 9.87. The second kappa shape index (κ2) is 6.44. The number of imidazole rings is 1. The summed E-state index contributed by atoms with van der Waals surface area (Å²) < 4.78 is 24.8. The van der Waals surface area contributed by atoms with Gasteiger partial charge >= 0.3 is 5.82 Å². The summed E-state index contributed by atoms with van der Waals surface area (Å²) in [6.07, 6.45) is 1.23. The summed E-state index contributed by atoms with van der Waals surface area (Å²) in [6, 6.07) is 0. The second-order valence-electron chi connectivity index (χ2n) is 4.62. The molecule has 1 saturated heterocycles. The topological polar surface area (TPSA) is 148 Å². The molecule has 12 heteroatoms. The van der Waals surface area contributed by atoms with Crippen molar-refractivity contribution in [2.24, 2.45) is 5.14 Å². The van der Waals surface area contributed by atoms with E-state index in [9.17, 15) is 18.5 Å². The fraction of sp³-hybridized carbons (Fsp3) is 0.667. The fourth-order valence-electron chi connectivity index (χ4n) is 2.10. The third-order valence-electron chi connectivity index (χ3n) is 3.08. The van der Waals surface area contributed by atoms with E-state index in [0.717, 1.165) is 30.7 Å². The Morgan fingerprint density at radius 2 is 2.14 bits per heavy atom. The van der Waals surface area contributed by atoms with Crippen LogP contribution in [0.3, 0.4) is 0 Å². The number of rotatable bonds is 6. The highest BCUT2D eigenvalue weighted by atomic mass is 32.2. The van der Waals surface area contributed by atoms with Crippen molar-refractivity contribution in [1.29, 1.82) is 0 Å². The molecule has 4 N–H and O–H groups in total. The van der Waals surface area contributed by atoms with E-state index in [0.29, 0.717) is 12.2 Å². The maximum atomic E-state index is 11.2. The normalized spacial score (nSPS) is 17.0. The highest BCUT2D eigenvalue weighted by Gasteiger charge is 2.24. The standard InChI is InChI=1S/C9H17N7O4S/c10-21(19,20)13-7-15-6-12-8(9(15)16(17)18)5-14-3-1-11-2-4-14/h6,11,13H,1-5,7H2,(H2,10,19,20). The predicted molar refractivity (Wildman–Crippen MR) is 73.3 cm³/mol. The first-order valence-corrected chi connectivity index (χ1v) is 7.80. The van der Waals surface area contributed by atoms with E-state index >= 15 is 0 Å². The maximum Gasteiger partial charge on any atom is 0.348 e. The highest BCUT2D eigenvalue weighted by molar-refractivity contribution is 7.87. The van der Waals surface area contributed by atoms with Crippen LogP contribution < -0.4 is 15.2 Å².